The van der Waals surface area contributed by atoms with E-state index in [0.717, 1.165) is 30.6 Å². The molecule has 37 heavy (non-hydrogen) atoms. The first-order valence-corrected chi connectivity index (χ1v) is 18.0. The summed E-state index contributed by atoms with van der Waals surface area (Å²) < 4.78 is 21.7. The number of aliphatic hydroxyl groups is 1. The number of hydrogen-bond acceptors (Lipinski definition) is 3. The first-order valence-electron chi connectivity index (χ1n) is 15.1. The van der Waals surface area contributed by atoms with E-state index >= 15 is 0 Å². The van der Waals surface area contributed by atoms with E-state index in [2.05, 4.69) is 52.7 Å². The van der Waals surface area contributed by atoms with Gasteiger partial charge in [-0.3, -0.25) is 4.98 Å². The molecule has 1 N–H and O–H groups in total. The van der Waals surface area contributed by atoms with E-state index in [4.69, 9.17) is 4.43 Å². The molecular weight excluding hydrogens is 477 g/mol. The molecule has 4 fully saturated rings. The van der Waals surface area contributed by atoms with Crippen molar-refractivity contribution in [3.8, 4) is 0 Å². The second-order valence-corrected chi connectivity index (χ2v) is 20.4. The summed E-state index contributed by atoms with van der Waals surface area (Å²) in [5, 5.41) is 12.1. The van der Waals surface area contributed by atoms with Crippen LogP contribution in [-0.4, -0.2) is 24.5 Å². The molecule has 1 aromatic heterocycles. The maximum atomic E-state index is 14.8. The molecule has 1 heterocycles. The molecule has 4 saturated carbocycles. The van der Waals surface area contributed by atoms with Gasteiger partial charge in [-0.05, 0) is 129 Å². The maximum absolute atomic E-state index is 14.8. The van der Waals surface area contributed by atoms with Crippen molar-refractivity contribution in [1.82, 2.24) is 4.98 Å². The van der Waals surface area contributed by atoms with E-state index in [0.29, 0.717) is 23.0 Å². The van der Waals surface area contributed by atoms with Crippen LogP contribution in [0.15, 0.2) is 18.5 Å². The van der Waals surface area contributed by atoms with Gasteiger partial charge in [0.2, 0.25) is 0 Å². The van der Waals surface area contributed by atoms with E-state index in [1.54, 1.807) is 12.3 Å². The van der Waals surface area contributed by atoms with Gasteiger partial charge in [-0.15, -0.1) is 0 Å². The molecule has 0 spiro atoms. The molecule has 1 aromatic rings. The zero-order chi connectivity index (χ0) is 27.0. The van der Waals surface area contributed by atoms with Crippen molar-refractivity contribution in [2.45, 2.75) is 129 Å². The van der Waals surface area contributed by atoms with E-state index in [1.807, 2.05) is 6.92 Å². The second kappa shape index (κ2) is 9.13. The van der Waals surface area contributed by atoms with Crippen LogP contribution < -0.4 is 0 Å². The van der Waals surface area contributed by atoms with Crippen LogP contribution in [0.2, 0.25) is 18.1 Å². The Morgan fingerprint density at radius 2 is 1.65 bits per heavy atom. The summed E-state index contributed by atoms with van der Waals surface area (Å²) in [6.07, 6.45) is 14.3. The van der Waals surface area contributed by atoms with Gasteiger partial charge in [0, 0.05) is 17.9 Å². The van der Waals surface area contributed by atoms with Crippen molar-refractivity contribution >= 4 is 8.32 Å². The second-order valence-electron chi connectivity index (χ2n) is 15.6. The summed E-state index contributed by atoms with van der Waals surface area (Å²) >= 11 is 0. The fraction of sp³-hybridized carbons (Fsp3) is 0.844. The molecule has 0 saturated heterocycles. The number of nitrogens with zero attached hydrogens (tertiary/aromatic N) is 1. The predicted molar refractivity (Wildman–Crippen MR) is 151 cm³/mol. The molecule has 5 heteroatoms. The number of pyridine rings is 1. The van der Waals surface area contributed by atoms with Gasteiger partial charge < -0.3 is 9.53 Å². The predicted octanol–water partition coefficient (Wildman–Crippen LogP) is 8.48. The van der Waals surface area contributed by atoms with Gasteiger partial charge in [-0.1, -0.05) is 34.6 Å². The molecule has 0 amide bonds. The highest BCUT2D eigenvalue weighted by Gasteiger charge is 2.63. The minimum absolute atomic E-state index is 0.0617. The van der Waals surface area contributed by atoms with Crippen molar-refractivity contribution in [1.29, 1.82) is 0 Å². The van der Waals surface area contributed by atoms with Gasteiger partial charge in [0.15, 0.2) is 8.32 Å². The van der Waals surface area contributed by atoms with E-state index in [1.165, 1.54) is 51.1 Å². The van der Waals surface area contributed by atoms with Crippen molar-refractivity contribution in [3.63, 3.8) is 0 Å². The summed E-state index contributed by atoms with van der Waals surface area (Å²) in [6.45, 7) is 18.8. The standard InChI is InChI=1S/C32H52FNO2Si/c1-29(2,3)37(7,8)36-22-13-16-30(4)21(19-22)9-10-23-24-11-12-28(31(24,5)17-14-25(23)30)32(6,35)26-15-18-34-20-27(26)33/h15,18,20-25,28,35H,9-14,16-17,19H2,1-8H3/t21-,22-,23-,24-,25-,28-,30-,31-,32?/m0/s1. The largest absolute Gasteiger partial charge is 0.414 e. The molecule has 3 nitrogen and oxygen atoms in total. The molecule has 0 aliphatic heterocycles. The Balaban J connectivity index is 1.33. The Labute approximate surface area is 226 Å². The Hall–Kier alpha value is -0.783. The fourth-order valence-electron chi connectivity index (χ4n) is 9.82. The van der Waals surface area contributed by atoms with Crippen LogP contribution in [0.1, 0.15) is 105 Å². The molecule has 4 aliphatic carbocycles. The molecule has 208 valence electrons. The van der Waals surface area contributed by atoms with E-state index < -0.39 is 13.9 Å². The molecule has 9 atom stereocenters. The lowest BCUT2D eigenvalue weighted by molar-refractivity contribution is -0.144. The minimum Gasteiger partial charge on any atom is -0.414 e. The number of halogens is 1. The first-order chi connectivity index (χ1) is 17.1. The third-order valence-corrected chi connectivity index (χ3v) is 17.4. The highest BCUT2D eigenvalue weighted by molar-refractivity contribution is 6.74. The van der Waals surface area contributed by atoms with Gasteiger partial charge >= 0.3 is 0 Å². The summed E-state index contributed by atoms with van der Waals surface area (Å²) in [6, 6.07) is 1.69. The van der Waals surface area contributed by atoms with Crippen LogP contribution in [0, 0.1) is 46.2 Å². The quantitative estimate of drug-likeness (QED) is 0.398. The van der Waals surface area contributed by atoms with Gasteiger partial charge in [-0.25, -0.2) is 4.39 Å². The Bertz CT molecular complexity index is 1000. The lowest BCUT2D eigenvalue weighted by Gasteiger charge is -2.62. The number of aromatic nitrogens is 1. The van der Waals surface area contributed by atoms with Crippen molar-refractivity contribution in [2.75, 3.05) is 0 Å². The summed E-state index contributed by atoms with van der Waals surface area (Å²) in [4.78, 5) is 3.93. The molecule has 5 rings (SSSR count). The zero-order valence-corrected chi connectivity index (χ0v) is 25.7. The molecular formula is C32H52FNO2Si. The van der Waals surface area contributed by atoms with Gasteiger partial charge in [0.25, 0.3) is 0 Å². The zero-order valence-electron chi connectivity index (χ0n) is 24.7. The number of hydrogen-bond donors (Lipinski definition) is 1. The smallest absolute Gasteiger partial charge is 0.192 e. The monoisotopic (exact) mass is 529 g/mol. The lowest BCUT2D eigenvalue weighted by Crippen LogP contribution is -2.56. The first kappa shape index (κ1) is 27.8. The molecule has 4 aliphatic rings. The Morgan fingerprint density at radius 1 is 0.973 bits per heavy atom. The van der Waals surface area contributed by atoms with Crippen LogP contribution in [0.3, 0.4) is 0 Å². The highest BCUT2D eigenvalue weighted by atomic mass is 28.4. The number of rotatable bonds is 4. The third kappa shape index (κ3) is 4.38. The summed E-state index contributed by atoms with van der Waals surface area (Å²) in [7, 11) is -1.75. The van der Waals surface area contributed by atoms with Crippen molar-refractivity contribution < 1.29 is 13.9 Å². The molecule has 0 aromatic carbocycles. The third-order valence-electron chi connectivity index (χ3n) is 12.9. The summed E-state index contributed by atoms with van der Waals surface area (Å²) in [5.41, 5.74) is -0.266. The van der Waals surface area contributed by atoms with Crippen molar-refractivity contribution in [3.05, 3.63) is 29.8 Å². The Morgan fingerprint density at radius 3 is 2.32 bits per heavy atom. The van der Waals surface area contributed by atoms with Gasteiger partial charge in [-0.2, -0.15) is 0 Å². The molecule has 1 unspecified atom stereocenters. The van der Waals surface area contributed by atoms with E-state index in [-0.39, 0.29) is 22.2 Å². The van der Waals surface area contributed by atoms with Crippen LogP contribution >= 0.6 is 0 Å². The molecule has 0 radical (unpaired) electrons. The van der Waals surface area contributed by atoms with Crippen LogP contribution in [0.4, 0.5) is 4.39 Å². The SMILES string of the molecule is CC(O)(c1ccncc1F)[C@H]1CC[C@H]2[C@@H]3CC[C@H]4C[C@@H](O[Si](C)(C)C(C)(C)C)CC[C@]4(C)[C@H]3CC[C@]12C. The minimum atomic E-state index is -1.75. The average Bonchev–Trinajstić information content (AvgIpc) is 3.16. The van der Waals surface area contributed by atoms with Gasteiger partial charge in [0.05, 0.1) is 11.8 Å². The van der Waals surface area contributed by atoms with Gasteiger partial charge in [0.1, 0.15) is 5.82 Å². The van der Waals surface area contributed by atoms with Crippen LogP contribution in [0.25, 0.3) is 0 Å². The van der Waals surface area contributed by atoms with Crippen LogP contribution in [-0.2, 0) is 10.0 Å². The highest BCUT2D eigenvalue weighted by Crippen LogP contribution is 2.69. The maximum Gasteiger partial charge on any atom is 0.192 e. The Kier molecular flexibility index (Phi) is 6.85. The molecule has 0 bridgehead atoms. The average molecular weight is 530 g/mol. The normalized spacial score (nSPS) is 41.9. The van der Waals surface area contributed by atoms with E-state index in [9.17, 15) is 9.50 Å². The topological polar surface area (TPSA) is 42.4 Å². The lowest BCUT2D eigenvalue weighted by atomic mass is 9.44. The summed E-state index contributed by atoms with van der Waals surface area (Å²) in [5.74, 6) is 2.62. The van der Waals surface area contributed by atoms with Crippen LogP contribution in [0.5, 0.6) is 0 Å². The van der Waals surface area contributed by atoms with Crippen molar-refractivity contribution in [2.24, 2.45) is 40.4 Å². The fourth-order valence-corrected chi connectivity index (χ4v) is 11.2. The number of fused-ring (bicyclic) bond motifs is 5.